The van der Waals surface area contributed by atoms with E-state index >= 15 is 0 Å². The van der Waals surface area contributed by atoms with Crippen molar-refractivity contribution >= 4 is 5.97 Å². The predicted molar refractivity (Wildman–Crippen MR) is 59.7 cm³/mol. The maximum absolute atomic E-state index is 11.3. The number of hydrogen-bond donors (Lipinski definition) is 4. The second-order valence-electron chi connectivity index (χ2n) is 3.53. The zero-order valence-corrected chi connectivity index (χ0v) is 9.38. The Labute approximate surface area is 98.3 Å². The Morgan fingerprint density at radius 1 is 1.35 bits per heavy atom. The van der Waals surface area contributed by atoms with Crippen LogP contribution in [0.4, 0.5) is 0 Å². The third kappa shape index (κ3) is 3.25. The van der Waals surface area contributed by atoms with E-state index in [9.17, 15) is 15.0 Å². The van der Waals surface area contributed by atoms with Gasteiger partial charge in [-0.3, -0.25) is 4.79 Å². The number of hydrogen-bond acceptors (Lipinski definition) is 6. The molecule has 1 rings (SSSR count). The van der Waals surface area contributed by atoms with Crippen LogP contribution in [0.1, 0.15) is 12.5 Å². The fourth-order valence-corrected chi connectivity index (χ4v) is 1.39. The first-order valence-electron chi connectivity index (χ1n) is 5.11. The normalized spacial score (nSPS) is 12.1. The van der Waals surface area contributed by atoms with Crippen molar-refractivity contribution in [2.75, 3.05) is 6.61 Å². The van der Waals surface area contributed by atoms with Crippen LogP contribution in [0.5, 0.6) is 17.2 Å². The van der Waals surface area contributed by atoms with E-state index in [2.05, 4.69) is 0 Å². The number of ether oxygens (including phenoxy) is 1. The van der Waals surface area contributed by atoms with Crippen molar-refractivity contribution in [2.24, 2.45) is 5.73 Å². The van der Waals surface area contributed by atoms with Gasteiger partial charge in [0.25, 0.3) is 0 Å². The second-order valence-corrected chi connectivity index (χ2v) is 3.53. The zero-order valence-electron chi connectivity index (χ0n) is 9.38. The first-order chi connectivity index (χ1) is 7.95. The number of esters is 1. The molecule has 0 amide bonds. The molecule has 1 aromatic rings. The highest BCUT2D eigenvalue weighted by atomic mass is 16.5. The van der Waals surface area contributed by atoms with Gasteiger partial charge in [-0.1, -0.05) is 0 Å². The van der Waals surface area contributed by atoms with Crippen molar-refractivity contribution in [3.8, 4) is 17.2 Å². The van der Waals surface area contributed by atoms with Crippen molar-refractivity contribution in [1.29, 1.82) is 0 Å². The van der Waals surface area contributed by atoms with E-state index in [4.69, 9.17) is 15.6 Å². The number of phenolic OH excluding ortho intramolecular Hbond substituents is 3. The van der Waals surface area contributed by atoms with Crippen molar-refractivity contribution in [1.82, 2.24) is 0 Å². The third-order valence-corrected chi connectivity index (χ3v) is 2.20. The van der Waals surface area contributed by atoms with E-state index in [1.54, 1.807) is 6.92 Å². The number of carbonyl (C=O) groups excluding carboxylic acids is 1. The number of phenols is 3. The summed E-state index contributed by atoms with van der Waals surface area (Å²) in [6.45, 7) is 1.86. The topological polar surface area (TPSA) is 113 Å². The predicted octanol–water partition coefficient (Wildman–Crippen LogP) is 0.236. The van der Waals surface area contributed by atoms with Gasteiger partial charge in [0.05, 0.1) is 6.61 Å². The SMILES string of the molecule is CCOC(=O)C(N)Cc1c(O)cc(O)cc1O. The summed E-state index contributed by atoms with van der Waals surface area (Å²) in [7, 11) is 0. The fraction of sp³-hybridized carbons (Fsp3) is 0.364. The highest BCUT2D eigenvalue weighted by molar-refractivity contribution is 5.76. The lowest BCUT2D eigenvalue weighted by atomic mass is 10.0. The molecule has 0 saturated carbocycles. The summed E-state index contributed by atoms with van der Waals surface area (Å²) in [5.74, 6) is -1.52. The molecular weight excluding hydrogens is 226 g/mol. The van der Waals surface area contributed by atoms with Gasteiger partial charge in [-0.15, -0.1) is 0 Å². The number of rotatable bonds is 4. The molecule has 0 fully saturated rings. The molecule has 0 aliphatic rings. The summed E-state index contributed by atoms with van der Waals surface area (Å²) >= 11 is 0. The highest BCUT2D eigenvalue weighted by Gasteiger charge is 2.19. The van der Waals surface area contributed by atoms with Crippen LogP contribution in [-0.4, -0.2) is 33.9 Å². The summed E-state index contributed by atoms with van der Waals surface area (Å²) in [6, 6.07) is 1.15. The van der Waals surface area contributed by atoms with Crippen LogP contribution >= 0.6 is 0 Å². The molecule has 0 aliphatic carbocycles. The van der Waals surface area contributed by atoms with Gasteiger partial charge in [0, 0.05) is 24.1 Å². The average Bonchev–Trinajstić information content (AvgIpc) is 2.23. The van der Waals surface area contributed by atoms with Crippen LogP contribution in [0, 0.1) is 0 Å². The first-order valence-corrected chi connectivity index (χ1v) is 5.11. The third-order valence-electron chi connectivity index (χ3n) is 2.20. The van der Waals surface area contributed by atoms with E-state index in [-0.39, 0.29) is 35.8 Å². The molecule has 0 aromatic heterocycles. The minimum absolute atomic E-state index is 0.0726. The average molecular weight is 241 g/mol. The number of aromatic hydroxyl groups is 3. The molecule has 17 heavy (non-hydrogen) atoms. The molecule has 0 radical (unpaired) electrons. The minimum atomic E-state index is -0.976. The Hall–Kier alpha value is -1.95. The van der Waals surface area contributed by atoms with Crippen LogP contribution in [0.15, 0.2) is 12.1 Å². The lowest BCUT2D eigenvalue weighted by Crippen LogP contribution is -2.34. The molecule has 6 heteroatoms. The van der Waals surface area contributed by atoms with Gasteiger partial charge >= 0.3 is 5.97 Å². The molecule has 0 spiro atoms. The number of benzene rings is 1. The molecule has 94 valence electrons. The largest absolute Gasteiger partial charge is 0.508 e. The van der Waals surface area contributed by atoms with Crippen molar-refractivity contribution in [2.45, 2.75) is 19.4 Å². The Morgan fingerprint density at radius 3 is 2.35 bits per heavy atom. The Balaban J connectivity index is 2.85. The van der Waals surface area contributed by atoms with Crippen LogP contribution in [0.2, 0.25) is 0 Å². The molecular formula is C11H15NO5. The van der Waals surface area contributed by atoms with Gasteiger partial charge in [-0.2, -0.15) is 0 Å². The van der Waals surface area contributed by atoms with Gasteiger partial charge in [-0.25, -0.2) is 0 Å². The van der Waals surface area contributed by atoms with Gasteiger partial charge in [0.15, 0.2) is 0 Å². The molecule has 1 atom stereocenters. The lowest BCUT2D eigenvalue weighted by Gasteiger charge is -2.13. The number of carbonyl (C=O) groups is 1. The quantitative estimate of drug-likeness (QED) is 0.561. The Kier molecular flexibility index (Phi) is 4.17. The molecule has 1 unspecified atom stereocenters. The lowest BCUT2D eigenvalue weighted by molar-refractivity contribution is -0.144. The molecule has 0 saturated heterocycles. The summed E-state index contributed by atoms with van der Waals surface area (Å²) in [4.78, 5) is 11.3. The Morgan fingerprint density at radius 2 is 1.88 bits per heavy atom. The van der Waals surface area contributed by atoms with Gasteiger partial charge in [0.2, 0.25) is 0 Å². The smallest absolute Gasteiger partial charge is 0.323 e. The molecule has 1 aromatic carbocycles. The number of nitrogens with two attached hydrogens (primary N) is 1. The van der Waals surface area contributed by atoms with Crippen LogP contribution in [0.3, 0.4) is 0 Å². The van der Waals surface area contributed by atoms with E-state index in [1.165, 1.54) is 0 Å². The Bertz CT molecular complexity index is 395. The van der Waals surface area contributed by atoms with E-state index in [1.807, 2.05) is 0 Å². The van der Waals surface area contributed by atoms with Crippen molar-refractivity contribution < 1.29 is 24.9 Å². The van der Waals surface area contributed by atoms with Gasteiger partial charge in [-0.05, 0) is 6.92 Å². The molecule has 5 N–H and O–H groups in total. The van der Waals surface area contributed by atoms with Crippen molar-refractivity contribution in [3.05, 3.63) is 17.7 Å². The molecule has 0 bridgehead atoms. The molecule has 0 aliphatic heterocycles. The van der Waals surface area contributed by atoms with Crippen LogP contribution in [0.25, 0.3) is 0 Å². The summed E-state index contributed by atoms with van der Waals surface area (Å²) in [5, 5.41) is 28.1. The maximum atomic E-state index is 11.3. The maximum Gasteiger partial charge on any atom is 0.323 e. The van der Waals surface area contributed by atoms with E-state index < -0.39 is 12.0 Å². The van der Waals surface area contributed by atoms with Crippen LogP contribution < -0.4 is 5.73 Å². The second kappa shape index (κ2) is 5.40. The highest BCUT2D eigenvalue weighted by Crippen LogP contribution is 2.32. The monoisotopic (exact) mass is 241 g/mol. The molecule has 0 heterocycles. The van der Waals surface area contributed by atoms with E-state index in [0.717, 1.165) is 12.1 Å². The van der Waals surface area contributed by atoms with Gasteiger partial charge in [0.1, 0.15) is 23.3 Å². The van der Waals surface area contributed by atoms with Crippen molar-refractivity contribution in [3.63, 3.8) is 0 Å². The standard InChI is InChI=1S/C11H15NO5/c1-2-17-11(16)8(12)5-7-9(14)3-6(13)4-10(7)15/h3-4,8,13-15H,2,5,12H2,1H3. The van der Waals surface area contributed by atoms with Gasteiger partial charge < -0.3 is 25.8 Å². The summed E-state index contributed by atoms with van der Waals surface area (Å²) in [6.07, 6.45) is -0.0726. The fourth-order valence-electron chi connectivity index (χ4n) is 1.39. The summed E-state index contributed by atoms with van der Waals surface area (Å²) < 4.78 is 4.70. The van der Waals surface area contributed by atoms with Crippen LogP contribution in [-0.2, 0) is 16.0 Å². The zero-order chi connectivity index (χ0) is 13.0. The molecule has 6 nitrogen and oxygen atoms in total. The minimum Gasteiger partial charge on any atom is -0.508 e. The first kappa shape index (κ1) is 13.1. The summed E-state index contributed by atoms with van der Waals surface area (Å²) in [5.41, 5.74) is 5.65. The van der Waals surface area contributed by atoms with E-state index in [0.29, 0.717) is 0 Å².